The predicted octanol–water partition coefficient (Wildman–Crippen LogP) is 1.04. The maximum absolute atomic E-state index is 11.9. The molecule has 6 nitrogen and oxygen atoms in total. The summed E-state index contributed by atoms with van der Waals surface area (Å²) >= 11 is 0. The summed E-state index contributed by atoms with van der Waals surface area (Å²) in [7, 11) is 0. The second kappa shape index (κ2) is 6.13. The molecule has 1 aliphatic heterocycles. The molecular formula is C15H19NO5. The molecule has 1 aliphatic rings. The third-order valence-electron chi connectivity index (χ3n) is 3.37. The first-order valence-electron chi connectivity index (χ1n) is 6.74. The van der Waals surface area contributed by atoms with E-state index in [0.717, 1.165) is 11.1 Å². The van der Waals surface area contributed by atoms with Crippen LogP contribution < -0.4 is 10.1 Å². The molecule has 1 fully saturated rings. The second-order valence-corrected chi connectivity index (χ2v) is 5.35. The molecule has 2 rings (SSSR count). The van der Waals surface area contributed by atoms with Gasteiger partial charge in [0.25, 0.3) is 5.91 Å². The van der Waals surface area contributed by atoms with E-state index in [2.05, 4.69) is 5.32 Å². The molecule has 0 bridgehead atoms. The van der Waals surface area contributed by atoms with E-state index < -0.39 is 17.4 Å². The van der Waals surface area contributed by atoms with Crippen LogP contribution in [0.15, 0.2) is 18.2 Å². The molecule has 0 spiro atoms. The SMILES string of the molecule is Cc1cc(C)cc(OCC(=O)NC2(C(=O)O)CCOC2)c1. The number of carboxylic acids is 1. The normalized spacial score (nSPS) is 21.0. The van der Waals surface area contributed by atoms with Crippen LogP contribution in [0.1, 0.15) is 17.5 Å². The average molecular weight is 293 g/mol. The fourth-order valence-electron chi connectivity index (χ4n) is 2.35. The van der Waals surface area contributed by atoms with Gasteiger partial charge >= 0.3 is 5.97 Å². The van der Waals surface area contributed by atoms with Gasteiger partial charge in [-0.3, -0.25) is 4.79 Å². The highest BCUT2D eigenvalue weighted by Gasteiger charge is 2.43. The molecule has 1 atom stereocenters. The number of benzene rings is 1. The van der Waals surface area contributed by atoms with Gasteiger partial charge in [-0.1, -0.05) is 6.07 Å². The molecule has 0 saturated carbocycles. The third-order valence-corrected chi connectivity index (χ3v) is 3.37. The average Bonchev–Trinajstić information content (AvgIpc) is 2.85. The van der Waals surface area contributed by atoms with Crippen LogP contribution in [0.4, 0.5) is 0 Å². The molecular weight excluding hydrogens is 274 g/mol. The van der Waals surface area contributed by atoms with Gasteiger partial charge in [-0.25, -0.2) is 4.79 Å². The van der Waals surface area contributed by atoms with Gasteiger partial charge < -0.3 is 19.9 Å². The zero-order valence-electron chi connectivity index (χ0n) is 12.1. The molecule has 1 heterocycles. The Hall–Kier alpha value is -2.08. The van der Waals surface area contributed by atoms with E-state index in [4.69, 9.17) is 9.47 Å². The lowest BCUT2D eigenvalue weighted by Crippen LogP contribution is -2.56. The van der Waals surface area contributed by atoms with Crippen molar-refractivity contribution in [3.05, 3.63) is 29.3 Å². The number of amides is 1. The Morgan fingerprint density at radius 2 is 2.00 bits per heavy atom. The van der Waals surface area contributed by atoms with E-state index in [1.165, 1.54) is 0 Å². The van der Waals surface area contributed by atoms with Gasteiger partial charge in [-0.15, -0.1) is 0 Å². The van der Waals surface area contributed by atoms with Gasteiger partial charge in [0.15, 0.2) is 12.1 Å². The van der Waals surface area contributed by atoms with Gasteiger partial charge in [0, 0.05) is 13.0 Å². The lowest BCUT2D eigenvalue weighted by molar-refractivity contribution is -0.148. The highest BCUT2D eigenvalue weighted by Crippen LogP contribution is 2.19. The monoisotopic (exact) mass is 293 g/mol. The predicted molar refractivity (Wildman–Crippen MR) is 75.4 cm³/mol. The maximum Gasteiger partial charge on any atom is 0.331 e. The van der Waals surface area contributed by atoms with Crippen molar-refractivity contribution in [2.75, 3.05) is 19.8 Å². The smallest absolute Gasteiger partial charge is 0.331 e. The number of carboxylic acid groups (broad SMARTS) is 1. The number of aliphatic carboxylic acids is 1. The molecule has 1 amide bonds. The van der Waals surface area contributed by atoms with E-state index >= 15 is 0 Å². The molecule has 6 heteroatoms. The number of nitrogens with one attached hydrogen (secondary N) is 1. The number of carbonyl (C=O) groups excluding carboxylic acids is 1. The highest BCUT2D eigenvalue weighted by atomic mass is 16.5. The number of hydrogen-bond acceptors (Lipinski definition) is 4. The van der Waals surface area contributed by atoms with Crippen LogP contribution in [-0.2, 0) is 14.3 Å². The molecule has 0 aromatic heterocycles. The minimum atomic E-state index is -1.33. The van der Waals surface area contributed by atoms with Crippen molar-refractivity contribution >= 4 is 11.9 Å². The minimum absolute atomic E-state index is 0.0162. The summed E-state index contributed by atoms with van der Waals surface area (Å²) in [4.78, 5) is 23.2. The summed E-state index contributed by atoms with van der Waals surface area (Å²) in [5, 5.41) is 11.7. The molecule has 0 radical (unpaired) electrons. The molecule has 21 heavy (non-hydrogen) atoms. The van der Waals surface area contributed by atoms with Crippen molar-refractivity contribution < 1.29 is 24.2 Å². The van der Waals surface area contributed by atoms with Gasteiger partial charge in [-0.2, -0.15) is 0 Å². The van der Waals surface area contributed by atoms with Crippen molar-refractivity contribution in [3.63, 3.8) is 0 Å². The first-order chi connectivity index (χ1) is 9.91. The van der Waals surface area contributed by atoms with Gasteiger partial charge in [0.1, 0.15) is 5.75 Å². The Morgan fingerprint density at radius 3 is 2.52 bits per heavy atom. The first-order valence-corrected chi connectivity index (χ1v) is 6.74. The van der Waals surface area contributed by atoms with Crippen LogP contribution in [0.5, 0.6) is 5.75 Å². The largest absolute Gasteiger partial charge is 0.484 e. The van der Waals surface area contributed by atoms with Gasteiger partial charge in [-0.05, 0) is 37.1 Å². The second-order valence-electron chi connectivity index (χ2n) is 5.35. The van der Waals surface area contributed by atoms with Crippen molar-refractivity contribution in [1.29, 1.82) is 0 Å². The molecule has 1 unspecified atom stereocenters. The number of ether oxygens (including phenoxy) is 2. The van der Waals surface area contributed by atoms with E-state index in [9.17, 15) is 14.7 Å². The van der Waals surface area contributed by atoms with Crippen LogP contribution >= 0.6 is 0 Å². The maximum atomic E-state index is 11.9. The minimum Gasteiger partial charge on any atom is -0.484 e. The van der Waals surface area contributed by atoms with Gasteiger partial charge in [0.05, 0.1) is 6.61 Å². The zero-order valence-corrected chi connectivity index (χ0v) is 12.1. The summed E-state index contributed by atoms with van der Waals surface area (Å²) in [6, 6.07) is 5.65. The van der Waals surface area contributed by atoms with E-state index in [-0.39, 0.29) is 19.6 Å². The molecule has 2 N–H and O–H groups in total. The Morgan fingerprint density at radius 1 is 1.33 bits per heavy atom. The lowest BCUT2D eigenvalue weighted by atomic mass is 9.99. The highest BCUT2D eigenvalue weighted by molar-refractivity contribution is 5.88. The number of hydrogen-bond donors (Lipinski definition) is 2. The van der Waals surface area contributed by atoms with Crippen LogP contribution in [0.2, 0.25) is 0 Å². The molecule has 0 aliphatic carbocycles. The number of aryl methyl sites for hydroxylation is 2. The molecule has 1 aromatic rings. The molecule has 114 valence electrons. The van der Waals surface area contributed by atoms with Crippen LogP contribution in [0, 0.1) is 13.8 Å². The first kappa shape index (κ1) is 15.3. The Labute approximate surface area is 123 Å². The van der Waals surface area contributed by atoms with Crippen molar-refractivity contribution in [2.24, 2.45) is 0 Å². The van der Waals surface area contributed by atoms with Crippen molar-refractivity contribution in [3.8, 4) is 5.75 Å². The fourth-order valence-corrected chi connectivity index (χ4v) is 2.35. The summed E-state index contributed by atoms with van der Waals surface area (Å²) in [6.07, 6.45) is 0.262. The summed E-state index contributed by atoms with van der Waals surface area (Å²) in [5.74, 6) is -0.962. The Kier molecular flexibility index (Phi) is 4.47. The lowest BCUT2D eigenvalue weighted by Gasteiger charge is -2.23. The third kappa shape index (κ3) is 3.72. The van der Waals surface area contributed by atoms with E-state index in [1.807, 2.05) is 32.0 Å². The number of carbonyl (C=O) groups is 2. The fraction of sp³-hybridized carbons (Fsp3) is 0.467. The topological polar surface area (TPSA) is 84.9 Å². The van der Waals surface area contributed by atoms with Crippen molar-refractivity contribution in [1.82, 2.24) is 5.32 Å². The summed E-state index contributed by atoms with van der Waals surface area (Å²) in [6.45, 7) is 3.96. The zero-order chi connectivity index (χ0) is 15.5. The number of rotatable bonds is 5. The Balaban J connectivity index is 1.94. The van der Waals surface area contributed by atoms with Crippen molar-refractivity contribution in [2.45, 2.75) is 25.8 Å². The molecule has 1 saturated heterocycles. The quantitative estimate of drug-likeness (QED) is 0.847. The van der Waals surface area contributed by atoms with E-state index in [0.29, 0.717) is 12.4 Å². The van der Waals surface area contributed by atoms with Crippen LogP contribution in [0.25, 0.3) is 0 Å². The summed E-state index contributed by atoms with van der Waals surface area (Å²) in [5.41, 5.74) is 0.747. The van der Waals surface area contributed by atoms with E-state index in [1.54, 1.807) is 0 Å². The standard InChI is InChI=1S/C15H19NO5/c1-10-5-11(2)7-12(6-10)21-8-13(17)16-15(14(18)19)3-4-20-9-15/h5-7H,3-4,8-9H2,1-2H3,(H,16,17)(H,18,19). The van der Waals surface area contributed by atoms with Crippen LogP contribution in [-0.4, -0.2) is 42.3 Å². The summed E-state index contributed by atoms with van der Waals surface area (Å²) < 4.78 is 10.5. The Bertz CT molecular complexity index is 529. The van der Waals surface area contributed by atoms with Crippen LogP contribution in [0.3, 0.4) is 0 Å². The van der Waals surface area contributed by atoms with Gasteiger partial charge in [0.2, 0.25) is 0 Å². The molecule has 1 aromatic carbocycles.